The van der Waals surface area contributed by atoms with Crippen molar-refractivity contribution in [2.45, 2.75) is 40.0 Å². The lowest BCUT2D eigenvalue weighted by Crippen LogP contribution is -2.28. The Kier molecular flexibility index (Phi) is 4.92. The Bertz CT molecular complexity index is 123. The maximum atomic E-state index is 10.9. The summed E-state index contributed by atoms with van der Waals surface area (Å²) >= 11 is 0. The highest BCUT2D eigenvalue weighted by Crippen LogP contribution is 2.19. The molecule has 1 amide bonds. The van der Waals surface area contributed by atoms with E-state index in [1.54, 1.807) is 0 Å². The summed E-state index contributed by atoms with van der Waals surface area (Å²) in [7, 11) is 0. The number of nitrogens with two attached hydrogens (primary N) is 1. The second-order valence-electron chi connectivity index (χ2n) is 3.18. The van der Waals surface area contributed by atoms with Crippen LogP contribution >= 0.6 is 0 Å². The van der Waals surface area contributed by atoms with Crippen LogP contribution in [0.15, 0.2) is 0 Å². The minimum atomic E-state index is -0.145. The lowest BCUT2D eigenvalue weighted by molar-refractivity contribution is -0.123. The molecule has 11 heavy (non-hydrogen) atoms. The first-order chi connectivity index (χ1) is 5.13. The molecule has 66 valence electrons. The van der Waals surface area contributed by atoms with E-state index in [2.05, 4.69) is 13.8 Å². The van der Waals surface area contributed by atoms with Gasteiger partial charge in [0.2, 0.25) is 5.91 Å². The van der Waals surface area contributed by atoms with Crippen molar-refractivity contribution in [1.82, 2.24) is 0 Å². The average Bonchev–Trinajstić information content (AvgIpc) is 1.88. The van der Waals surface area contributed by atoms with Gasteiger partial charge in [0, 0.05) is 5.92 Å². The van der Waals surface area contributed by atoms with Crippen molar-refractivity contribution < 1.29 is 4.79 Å². The third-order valence-electron chi connectivity index (χ3n) is 2.24. The SMILES string of the molecule is CCCC(C)C(CC)C(N)=O. The van der Waals surface area contributed by atoms with Gasteiger partial charge in [-0.3, -0.25) is 4.79 Å². The van der Waals surface area contributed by atoms with Crippen LogP contribution < -0.4 is 5.73 Å². The highest BCUT2D eigenvalue weighted by molar-refractivity contribution is 5.76. The maximum absolute atomic E-state index is 10.9. The van der Waals surface area contributed by atoms with Gasteiger partial charge >= 0.3 is 0 Å². The topological polar surface area (TPSA) is 43.1 Å². The largest absolute Gasteiger partial charge is 0.369 e. The summed E-state index contributed by atoms with van der Waals surface area (Å²) in [4.78, 5) is 10.9. The summed E-state index contributed by atoms with van der Waals surface area (Å²) in [5.74, 6) is 0.380. The fourth-order valence-corrected chi connectivity index (χ4v) is 1.54. The molecule has 0 saturated carbocycles. The first-order valence-electron chi connectivity index (χ1n) is 4.42. The Labute approximate surface area is 69.2 Å². The molecule has 2 unspecified atom stereocenters. The molecule has 0 heterocycles. The van der Waals surface area contributed by atoms with E-state index in [0.29, 0.717) is 5.92 Å². The molecule has 0 fully saturated rings. The lowest BCUT2D eigenvalue weighted by Gasteiger charge is -2.18. The molecule has 0 aromatic rings. The monoisotopic (exact) mass is 157 g/mol. The molecule has 0 aliphatic carbocycles. The number of rotatable bonds is 5. The Morgan fingerprint density at radius 3 is 2.27 bits per heavy atom. The van der Waals surface area contributed by atoms with Gasteiger partial charge in [0.1, 0.15) is 0 Å². The summed E-state index contributed by atoms with van der Waals surface area (Å²) in [5, 5.41) is 0. The van der Waals surface area contributed by atoms with Gasteiger partial charge < -0.3 is 5.73 Å². The Balaban J connectivity index is 3.91. The van der Waals surface area contributed by atoms with E-state index in [-0.39, 0.29) is 11.8 Å². The lowest BCUT2D eigenvalue weighted by atomic mass is 9.88. The molecule has 2 N–H and O–H groups in total. The van der Waals surface area contributed by atoms with E-state index in [9.17, 15) is 4.79 Å². The first-order valence-corrected chi connectivity index (χ1v) is 4.42. The van der Waals surface area contributed by atoms with Crippen molar-refractivity contribution in [3.63, 3.8) is 0 Å². The summed E-state index contributed by atoms with van der Waals surface area (Å²) in [6.07, 6.45) is 3.10. The van der Waals surface area contributed by atoms with E-state index < -0.39 is 0 Å². The molecule has 0 aromatic heterocycles. The van der Waals surface area contributed by atoms with Crippen molar-refractivity contribution in [3.8, 4) is 0 Å². The molecule has 2 atom stereocenters. The fraction of sp³-hybridized carbons (Fsp3) is 0.889. The zero-order valence-electron chi connectivity index (χ0n) is 7.76. The zero-order valence-corrected chi connectivity index (χ0v) is 7.76. The van der Waals surface area contributed by atoms with Crippen LogP contribution in [0.1, 0.15) is 40.0 Å². The second kappa shape index (κ2) is 5.16. The molecule has 0 radical (unpaired) electrons. The van der Waals surface area contributed by atoms with Gasteiger partial charge in [-0.25, -0.2) is 0 Å². The third kappa shape index (κ3) is 3.40. The maximum Gasteiger partial charge on any atom is 0.220 e. The summed E-state index contributed by atoms with van der Waals surface area (Å²) < 4.78 is 0. The Hall–Kier alpha value is -0.530. The third-order valence-corrected chi connectivity index (χ3v) is 2.24. The van der Waals surface area contributed by atoms with Crippen LogP contribution in [0.5, 0.6) is 0 Å². The standard InChI is InChI=1S/C9H19NO/c1-4-6-7(3)8(5-2)9(10)11/h7-8H,4-6H2,1-3H3,(H2,10,11). The smallest absolute Gasteiger partial charge is 0.220 e. The predicted molar refractivity (Wildman–Crippen MR) is 47.0 cm³/mol. The number of hydrogen-bond acceptors (Lipinski definition) is 1. The van der Waals surface area contributed by atoms with Crippen LogP contribution in [-0.2, 0) is 4.79 Å². The summed E-state index contributed by atoms with van der Waals surface area (Å²) in [6.45, 7) is 6.24. The minimum absolute atomic E-state index is 0.0787. The van der Waals surface area contributed by atoms with E-state index in [0.717, 1.165) is 19.3 Å². The Morgan fingerprint density at radius 2 is 2.00 bits per heavy atom. The number of carbonyl (C=O) groups excluding carboxylic acids is 1. The molecule has 0 aromatic carbocycles. The molecular weight excluding hydrogens is 138 g/mol. The van der Waals surface area contributed by atoms with Gasteiger partial charge in [-0.1, -0.05) is 33.6 Å². The van der Waals surface area contributed by atoms with Crippen molar-refractivity contribution in [1.29, 1.82) is 0 Å². The van der Waals surface area contributed by atoms with Gasteiger partial charge in [0.15, 0.2) is 0 Å². The molecule has 0 spiro atoms. The molecule has 2 heteroatoms. The zero-order chi connectivity index (χ0) is 8.85. The number of primary amides is 1. The highest BCUT2D eigenvalue weighted by atomic mass is 16.1. The van der Waals surface area contributed by atoms with Crippen LogP contribution in [0.25, 0.3) is 0 Å². The van der Waals surface area contributed by atoms with Gasteiger partial charge in [-0.2, -0.15) is 0 Å². The van der Waals surface area contributed by atoms with Crippen molar-refractivity contribution in [2.75, 3.05) is 0 Å². The quantitative estimate of drug-likeness (QED) is 0.651. The fourth-order valence-electron chi connectivity index (χ4n) is 1.54. The first kappa shape index (κ1) is 10.5. The van der Waals surface area contributed by atoms with Crippen molar-refractivity contribution in [3.05, 3.63) is 0 Å². The second-order valence-corrected chi connectivity index (χ2v) is 3.18. The van der Waals surface area contributed by atoms with E-state index in [4.69, 9.17) is 5.73 Å². The minimum Gasteiger partial charge on any atom is -0.369 e. The van der Waals surface area contributed by atoms with Crippen LogP contribution in [0.4, 0.5) is 0 Å². The van der Waals surface area contributed by atoms with Gasteiger partial charge in [-0.15, -0.1) is 0 Å². The molecule has 0 aliphatic heterocycles. The molecule has 2 nitrogen and oxygen atoms in total. The number of carbonyl (C=O) groups is 1. The molecule has 0 rings (SSSR count). The van der Waals surface area contributed by atoms with Crippen LogP contribution in [0.2, 0.25) is 0 Å². The summed E-state index contributed by atoms with van der Waals surface area (Å²) in [6, 6.07) is 0. The normalized spacial score (nSPS) is 15.9. The van der Waals surface area contributed by atoms with Gasteiger partial charge in [0.25, 0.3) is 0 Å². The van der Waals surface area contributed by atoms with Gasteiger partial charge in [0.05, 0.1) is 0 Å². The molecule has 0 saturated heterocycles. The van der Waals surface area contributed by atoms with E-state index in [1.165, 1.54) is 0 Å². The molecular formula is C9H19NO. The number of hydrogen-bond donors (Lipinski definition) is 1. The van der Waals surface area contributed by atoms with Crippen LogP contribution in [-0.4, -0.2) is 5.91 Å². The van der Waals surface area contributed by atoms with E-state index >= 15 is 0 Å². The predicted octanol–water partition coefficient (Wildman–Crippen LogP) is 1.93. The summed E-state index contributed by atoms with van der Waals surface area (Å²) in [5.41, 5.74) is 5.24. The number of amides is 1. The average molecular weight is 157 g/mol. The van der Waals surface area contributed by atoms with Gasteiger partial charge in [-0.05, 0) is 12.3 Å². The van der Waals surface area contributed by atoms with Crippen molar-refractivity contribution >= 4 is 5.91 Å². The van der Waals surface area contributed by atoms with Crippen molar-refractivity contribution in [2.24, 2.45) is 17.6 Å². The Morgan fingerprint density at radius 1 is 1.45 bits per heavy atom. The highest BCUT2D eigenvalue weighted by Gasteiger charge is 2.19. The van der Waals surface area contributed by atoms with Crippen LogP contribution in [0, 0.1) is 11.8 Å². The van der Waals surface area contributed by atoms with Crippen LogP contribution in [0.3, 0.4) is 0 Å². The molecule has 0 aliphatic rings. The van der Waals surface area contributed by atoms with E-state index in [1.807, 2.05) is 6.92 Å². The molecule has 0 bridgehead atoms.